The molecule has 0 saturated heterocycles. The van der Waals surface area contributed by atoms with Crippen LogP contribution < -0.4 is 0 Å². The Hall–Kier alpha value is -3.16. The highest BCUT2D eigenvalue weighted by Gasteiger charge is 2.68. The minimum Gasteiger partial charge on any atom is -0.481 e. The van der Waals surface area contributed by atoms with E-state index in [-0.39, 0.29) is 64.5 Å². The van der Waals surface area contributed by atoms with Crippen molar-refractivity contribution in [2.24, 2.45) is 50.2 Å². The largest absolute Gasteiger partial charge is 0.481 e. The molecule has 8 nitrogen and oxygen atoms in total. The third-order valence-electron chi connectivity index (χ3n) is 16.3. The molecule has 4 saturated carbocycles. The van der Waals surface area contributed by atoms with Crippen LogP contribution in [0.1, 0.15) is 125 Å². The summed E-state index contributed by atoms with van der Waals surface area (Å²) in [6.45, 7) is 17.0. The van der Waals surface area contributed by atoms with Crippen molar-refractivity contribution in [2.75, 3.05) is 7.11 Å². The first kappa shape index (κ1) is 36.2. The third kappa shape index (κ3) is 5.42. The number of nitrogens with zero attached hydrogens (tertiary/aromatic N) is 2. The summed E-state index contributed by atoms with van der Waals surface area (Å²) in [5, 5.41) is 9.33. The van der Waals surface area contributed by atoms with Gasteiger partial charge in [-0.2, -0.15) is 0 Å². The van der Waals surface area contributed by atoms with Gasteiger partial charge in [0.1, 0.15) is 18.5 Å². The number of benzene rings is 1. The molecule has 1 heterocycles. The zero-order chi connectivity index (χ0) is 36.8. The van der Waals surface area contributed by atoms with Gasteiger partial charge in [-0.15, -0.1) is 0 Å². The van der Waals surface area contributed by atoms with E-state index in [1.54, 1.807) is 5.57 Å². The number of esters is 2. The second-order valence-corrected chi connectivity index (χ2v) is 19.1. The number of carboxylic acid groups (broad SMARTS) is 1. The van der Waals surface area contributed by atoms with Gasteiger partial charge in [-0.3, -0.25) is 14.4 Å². The summed E-state index contributed by atoms with van der Waals surface area (Å²) in [5.41, 5.74) is 3.16. The fourth-order valence-corrected chi connectivity index (χ4v) is 13.0. The van der Waals surface area contributed by atoms with Crippen LogP contribution in [0.25, 0.3) is 11.0 Å². The molecule has 0 amide bonds. The number of fused-ring (bicyclic) bond motifs is 8. The molecule has 1 aromatic carbocycles. The number of aromatic nitrogens is 2. The zero-order valence-electron chi connectivity index (χ0n) is 32.3. The molecular weight excluding hydrogens is 640 g/mol. The van der Waals surface area contributed by atoms with E-state index in [4.69, 9.17) is 9.47 Å². The Labute approximate surface area is 304 Å². The number of carboxylic acids is 1. The molecule has 0 radical (unpaired) electrons. The lowest BCUT2D eigenvalue weighted by Gasteiger charge is -2.71. The predicted octanol–water partition coefficient (Wildman–Crippen LogP) is 8.94. The van der Waals surface area contributed by atoms with Gasteiger partial charge in [-0.1, -0.05) is 65.3 Å². The standard InChI is InChI=1S/C43H60N2O6/c1-38(2)31-17-20-43(7)32(14-13-27-28-25-40(4,37(49)50-8)22-21-39(28,3)23-24-42(27,43)6)41(31,5)19-18-33(38)51-36(48)26-45-30-12-10-9-11-29(30)44-34(45)15-16-35(46)47/h9-13,28,31-33H,14-26H2,1-8H3,(H,46,47)/t28-,31-,32+,33-,39+,40-,41-,42+,43+/m0/s1. The van der Waals surface area contributed by atoms with E-state index in [0.29, 0.717) is 23.6 Å². The van der Waals surface area contributed by atoms with Crippen molar-refractivity contribution < 1.29 is 29.0 Å². The number of hydrogen-bond acceptors (Lipinski definition) is 6. The molecule has 2 aromatic rings. The molecule has 4 fully saturated rings. The number of methoxy groups -OCH3 is 1. The van der Waals surface area contributed by atoms with Gasteiger partial charge in [0, 0.05) is 11.8 Å². The van der Waals surface area contributed by atoms with Gasteiger partial charge in [0.25, 0.3) is 0 Å². The number of rotatable bonds is 7. The molecule has 1 aromatic heterocycles. The van der Waals surface area contributed by atoms with E-state index in [1.165, 1.54) is 20.0 Å². The topological polar surface area (TPSA) is 108 Å². The number of aliphatic carboxylic acids is 1. The summed E-state index contributed by atoms with van der Waals surface area (Å²) in [7, 11) is 1.54. The number of carbonyl (C=O) groups excluding carboxylic acids is 2. The molecule has 0 bridgehead atoms. The van der Waals surface area contributed by atoms with Crippen LogP contribution >= 0.6 is 0 Å². The smallest absolute Gasteiger partial charge is 0.326 e. The van der Waals surface area contributed by atoms with E-state index in [2.05, 4.69) is 59.5 Å². The first-order valence-electron chi connectivity index (χ1n) is 19.6. The third-order valence-corrected chi connectivity index (χ3v) is 16.3. The van der Waals surface area contributed by atoms with Gasteiger partial charge >= 0.3 is 17.9 Å². The van der Waals surface area contributed by atoms with Crippen LogP contribution in [0.2, 0.25) is 0 Å². The highest BCUT2D eigenvalue weighted by molar-refractivity contribution is 5.79. The number of carbonyl (C=O) groups is 3. The van der Waals surface area contributed by atoms with Crippen molar-refractivity contribution in [3.8, 4) is 0 Å². The molecule has 278 valence electrons. The Kier molecular flexibility index (Phi) is 8.66. The van der Waals surface area contributed by atoms with Crippen molar-refractivity contribution in [3.05, 3.63) is 41.7 Å². The van der Waals surface area contributed by atoms with Gasteiger partial charge < -0.3 is 19.1 Å². The quantitative estimate of drug-likeness (QED) is 0.227. The van der Waals surface area contributed by atoms with Crippen molar-refractivity contribution in [3.63, 3.8) is 0 Å². The van der Waals surface area contributed by atoms with E-state index in [0.717, 1.165) is 62.4 Å². The van der Waals surface area contributed by atoms with E-state index in [1.807, 2.05) is 28.8 Å². The summed E-state index contributed by atoms with van der Waals surface area (Å²) >= 11 is 0. The van der Waals surface area contributed by atoms with Gasteiger partial charge in [0.15, 0.2) is 0 Å². The fraction of sp³-hybridized carbons (Fsp3) is 0.721. The van der Waals surface area contributed by atoms with Gasteiger partial charge in [0.05, 0.1) is 30.0 Å². The number of hydrogen-bond donors (Lipinski definition) is 1. The van der Waals surface area contributed by atoms with Crippen LogP contribution in [-0.2, 0) is 36.8 Å². The van der Waals surface area contributed by atoms with E-state index in [9.17, 15) is 19.5 Å². The Bertz CT molecular complexity index is 1780. The van der Waals surface area contributed by atoms with Crippen molar-refractivity contribution in [1.29, 1.82) is 0 Å². The number of allylic oxidation sites excluding steroid dienone is 2. The van der Waals surface area contributed by atoms with Crippen molar-refractivity contribution in [2.45, 2.75) is 138 Å². The maximum Gasteiger partial charge on any atom is 0.326 e. The van der Waals surface area contributed by atoms with Crippen LogP contribution in [0.3, 0.4) is 0 Å². The molecule has 5 aliphatic rings. The molecule has 51 heavy (non-hydrogen) atoms. The highest BCUT2D eigenvalue weighted by Crippen LogP contribution is 2.75. The average Bonchev–Trinajstić information content (AvgIpc) is 3.42. The molecule has 0 aliphatic heterocycles. The molecule has 5 aliphatic carbocycles. The second kappa shape index (κ2) is 12.2. The highest BCUT2D eigenvalue weighted by atomic mass is 16.5. The monoisotopic (exact) mass is 700 g/mol. The molecule has 0 spiro atoms. The van der Waals surface area contributed by atoms with Gasteiger partial charge in [-0.05, 0) is 123 Å². The first-order chi connectivity index (χ1) is 23.9. The summed E-state index contributed by atoms with van der Waals surface area (Å²) < 4.78 is 13.6. The van der Waals surface area contributed by atoms with Crippen molar-refractivity contribution >= 4 is 28.9 Å². The predicted molar refractivity (Wildman–Crippen MR) is 197 cm³/mol. The van der Waals surface area contributed by atoms with Crippen LogP contribution in [0.5, 0.6) is 0 Å². The van der Waals surface area contributed by atoms with E-state index < -0.39 is 11.4 Å². The van der Waals surface area contributed by atoms with Crippen LogP contribution in [-0.4, -0.2) is 45.8 Å². The number of imidazole rings is 1. The minimum absolute atomic E-state index is 0.0196. The summed E-state index contributed by atoms with van der Waals surface area (Å²) in [6, 6.07) is 7.64. The zero-order valence-corrected chi connectivity index (χ0v) is 32.3. The van der Waals surface area contributed by atoms with Crippen LogP contribution in [0.15, 0.2) is 35.9 Å². The number of ether oxygens (including phenoxy) is 2. The second-order valence-electron chi connectivity index (χ2n) is 19.1. The maximum absolute atomic E-state index is 13.7. The van der Waals surface area contributed by atoms with Crippen molar-refractivity contribution in [1.82, 2.24) is 9.55 Å². The Morgan fingerprint density at radius 2 is 1.65 bits per heavy atom. The van der Waals surface area contributed by atoms with Gasteiger partial charge in [-0.25, -0.2) is 4.98 Å². The Balaban J connectivity index is 1.12. The molecule has 1 N–H and O–H groups in total. The minimum atomic E-state index is -0.886. The summed E-state index contributed by atoms with van der Waals surface area (Å²) in [4.78, 5) is 42.8. The fourth-order valence-electron chi connectivity index (χ4n) is 13.0. The number of para-hydroxylation sites is 2. The summed E-state index contributed by atoms with van der Waals surface area (Å²) in [5.74, 6) is 0.724. The SMILES string of the molecule is COC(=O)[C@@]1(C)CC[C@]2(C)CC[C@]3(C)C(=CC[C@@H]4[C@@]5(C)CC[C@H](OC(=O)Cn6c(CCC(=O)O)nc7ccccc76)C(C)(C)[C@@H]5CC[C@]43C)[C@@H]2C1. The lowest BCUT2D eigenvalue weighted by Crippen LogP contribution is -2.64. The van der Waals surface area contributed by atoms with Gasteiger partial charge in [0.2, 0.25) is 0 Å². The Morgan fingerprint density at radius 1 is 0.922 bits per heavy atom. The molecule has 0 unspecified atom stereocenters. The first-order valence-corrected chi connectivity index (χ1v) is 19.6. The van der Waals surface area contributed by atoms with Crippen LogP contribution in [0.4, 0.5) is 0 Å². The molecule has 8 heteroatoms. The molecular formula is C43H60N2O6. The summed E-state index contributed by atoms with van der Waals surface area (Å²) in [6.07, 6.45) is 13.1. The lowest BCUT2D eigenvalue weighted by atomic mass is 9.33. The Morgan fingerprint density at radius 3 is 2.37 bits per heavy atom. The average molecular weight is 701 g/mol. The van der Waals surface area contributed by atoms with Crippen LogP contribution in [0, 0.1) is 50.2 Å². The van der Waals surface area contributed by atoms with E-state index >= 15 is 0 Å². The molecule has 9 atom stereocenters. The maximum atomic E-state index is 13.7. The lowest BCUT2D eigenvalue weighted by molar-refractivity contribution is -0.213. The number of aryl methyl sites for hydroxylation is 1. The molecule has 7 rings (SSSR count). The normalized spacial score (nSPS) is 39.8.